The molecule has 0 spiro atoms. The van der Waals surface area contributed by atoms with Crippen molar-refractivity contribution < 1.29 is 13.9 Å². The second-order valence-electron chi connectivity index (χ2n) is 6.43. The Bertz CT molecular complexity index is 921. The van der Waals surface area contributed by atoms with E-state index in [1.807, 2.05) is 24.3 Å². The molecule has 0 bridgehead atoms. The molecule has 0 aliphatic carbocycles. The van der Waals surface area contributed by atoms with Gasteiger partial charge in [-0.3, -0.25) is 4.40 Å². The SMILES string of the molecule is Cc1cc(C)n2c(CNCC(C)(O)c3ccc(F)cc3F)cnc2n1. The van der Waals surface area contributed by atoms with Crippen LogP contribution in [0.4, 0.5) is 8.78 Å². The molecule has 2 aromatic heterocycles. The fourth-order valence-electron chi connectivity index (χ4n) is 2.98. The van der Waals surface area contributed by atoms with E-state index in [0.717, 1.165) is 29.2 Å². The first-order valence-corrected chi connectivity index (χ1v) is 7.97. The summed E-state index contributed by atoms with van der Waals surface area (Å²) >= 11 is 0. The van der Waals surface area contributed by atoms with Crippen LogP contribution < -0.4 is 5.32 Å². The molecule has 2 N–H and O–H groups in total. The third-order valence-corrected chi connectivity index (χ3v) is 4.15. The van der Waals surface area contributed by atoms with Crippen LogP contribution in [0.15, 0.2) is 30.5 Å². The quantitative estimate of drug-likeness (QED) is 0.745. The van der Waals surface area contributed by atoms with Crippen LogP contribution in [0, 0.1) is 25.5 Å². The minimum absolute atomic E-state index is 0.0491. The van der Waals surface area contributed by atoms with Gasteiger partial charge in [0, 0.05) is 36.1 Å². The smallest absolute Gasteiger partial charge is 0.234 e. The molecule has 0 saturated heterocycles. The number of fused-ring (bicyclic) bond motifs is 1. The highest BCUT2D eigenvalue weighted by Gasteiger charge is 2.26. The van der Waals surface area contributed by atoms with Crippen molar-refractivity contribution >= 4 is 5.78 Å². The molecule has 0 aliphatic rings. The largest absolute Gasteiger partial charge is 0.384 e. The van der Waals surface area contributed by atoms with Gasteiger partial charge in [-0.25, -0.2) is 18.7 Å². The lowest BCUT2D eigenvalue weighted by atomic mass is 9.95. The third-order valence-electron chi connectivity index (χ3n) is 4.15. The Morgan fingerprint density at radius 2 is 2.00 bits per heavy atom. The topological polar surface area (TPSA) is 62.5 Å². The summed E-state index contributed by atoms with van der Waals surface area (Å²) in [5.41, 5.74) is 1.36. The van der Waals surface area contributed by atoms with Gasteiger partial charge in [0.1, 0.15) is 17.2 Å². The molecule has 0 amide bonds. The molecule has 5 nitrogen and oxygen atoms in total. The summed E-state index contributed by atoms with van der Waals surface area (Å²) in [6, 6.07) is 5.13. The zero-order valence-electron chi connectivity index (χ0n) is 14.3. The third kappa shape index (κ3) is 3.52. The monoisotopic (exact) mass is 346 g/mol. The molecular formula is C18H20F2N4O. The van der Waals surface area contributed by atoms with E-state index >= 15 is 0 Å². The second kappa shape index (κ2) is 6.50. The average Bonchev–Trinajstić information content (AvgIpc) is 2.89. The molecule has 25 heavy (non-hydrogen) atoms. The summed E-state index contributed by atoms with van der Waals surface area (Å²) in [7, 11) is 0. The van der Waals surface area contributed by atoms with E-state index in [-0.39, 0.29) is 12.1 Å². The highest BCUT2D eigenvalue weighted by Crippen LogP contribution is 2.23. The van der Waals surface area contributed by atoms with Crippen LogP contribution in [-0.4, -0.2) is 26.0 Å². The Labute approximate surface area is 144 Å². The van der Waals surface area contributed by atoms with Gasteiger partial charge in [-0.05, 0) is 32.9 Å². The maximum Gasteiger partial charge on any atom is 0.234 e. The first-order chi connectivity index (χ1) is 11.8. The van der Waals surface area contributed by atoms with Crippen LogP contribution in [0.2, 0.25) is 0 Å². The number of aromatic nitrogens is 3. The Morgan fingerprint density at radius 3 is 2.72 bits per heavy atom. The standard InChI is InChI=1S/C18H20F2N4O/c1-11-6-12(2)24-14(9-22-17(24)23-11)8-21-10-18(3,25)15-5-4-13(19)7-16(15)20/h4-7,9,21,25H,8,10H2,1-3H3. The number of hydrogen-bond donors (Lipinski definition) is 2. The van der Waals surface area contributed by atoms with Crippen LogP contribution >= 0.6 is 0 Å². The predicted octanol–water partition coefficient (Wildman–Crippen LogP) is 2.62. The molecule has 0 aliphatic heterocycles. The summed E-state index contributed by atoms with van der Waals surface area (Å²) in [5, 5.41) is 13.6. The lowest BCUT2D eigenvalue weighted by molar-refractivity contribution is 0.0527. The maximum absolute atomic E-state index is 13.9. The number of nitrogens with zero attached hydrogens (tertiary/aromatic N) is 3. The highest BCUT2D eigenvalue weighted by molar-refractivity contribution is 5.35. The molecule has 0 saturated carbocycles. The zero-order valence-corrected chi connectivity index (χ0v) is 14.3. The van der Waals surface area contributed by atoms with Gasteiger partial charge >= 0.3 is 0 Å². The van der Waals surface area contributed by atoms with E-state index in [1.54, 1.807) is 6.20 Å². The van der Waals surface area contributed by atoms with Gasteiger partial charge in [0.2, 0.25) is 5.78 Å². The average molecular weight is 346 g/mol. The number of nitrogens with one attached hydrogen (secondary N) is 1. The molecular weight excluding hydrogens is 326 g/mol. The van der Waals surface area contributed by atoms with Crippen LogP contribution in [-0.2, 0) is 12.1 Å². The minimum atomic E-state index is -1.47. The normalized spacial score (nSPS) is 14.0. The van der Waals surface area contributed by atoms with Crippen molar-refractivity contribution in [2.24, 2.45) is 0 Å². The van der Waals surface area contributed by atoms with Gasteiger partial charge in [-0.2, -0.15) is 0 Å². The van der Waals surface area contributed by atoms with Crippen LogP contribution in [0.25, 0.3) is 5.78 Å². The van der Waals surface area contributed by atoms with Gasteiger partial charge < -0.3 is 10.4 Å². The van der Waals surface area contributed by atoms with Crippen LogP contribution in [0.1, 0.15) is 29.6 Å². The van der Waals surface area contributed by atoms with Crippen molar-refractivity contribution in [3.63, 3.8) is 0 Å². The Hall–Kier alpha value is -2.38. The lowest BCUT2D eigenvalue weighted by Crippen LogP contribution is -2.36. The molecule has 2 heterocycles. The summed E-state index contributed by atoms with van der Waals surface area (Å²) in [4.78, 5) is 8.66. The van der Waals surface area contributed by atoms with Crippen molar-refractivity contribution in [2.45, 2.75) is 32.9 Å². The van der Waals surface area contributed by atoms with E-state index in [4.69, 9.17) is 0 Å². The van der Waals surface area contributed by atoms with Gasteiger partial charge in [-0.15, -0.1) is 0 Å². The van der Waals surface area contributed by atoms with E-state index in [1.165, 1.54) is 13.0 Å². The number of rotatable bonds is 5. The molecule has 132 valence electrons. The van der Waals surface area contributed by atoms with Crippen molar-refractivity contribution in [3.05, 3.63) is 64.7 Å². The number of halogens is 2. The van der Waals surface area contributed by atoms with Gasteiger partial charge in [-0.1, -0.05) is 6.07 Å². The Morgan fingerprint density at radius 1 is 1.24 bits per heavy atom. The summed E-state index contributed by atoms with van der Waals surface area (Å²) in [5.74, 6) is -0.822. The number of aryl methyl sites for hydroxylation is 2. The number of imidazole rings is 1. The molecule has 7 heteroatoms. The summed E-state index contributed by atoms with van der Waals surface area (Å²) < 4.78 is 28.9. The molecule has 3 rings (SSSR count). The van der Waals surface area contributed by atoms with Gasteiger partial charge in [0.05, 0.1) is 11.9 Å². The number of benzene rings is 1. The molecule has 0 radical (unpaired) electrons. The first kappa shape index (κ1) is 17.4. The van der Waals surface area contributed by atoms with Crippen LogP contribution in [0.5, 0.6) is 0 Å². The number of aliphatic hydroxyl groups is 1. The minimum Gasteiger partial charge on any atom is -0.384 e. The fraction of sp³-hybridized carbons (Fsp3) is 0.333. The number of hydrogen-bond acceptors (Lipinski definition) is 4. The van der Waals surface area contributed by atoms with E-state index < -0.39 is 17.2 Å². The van der Waals surface area contributed by atoms with Crippen molar-refractivity contribution in [2.75, 3.05) is 6.54 Å². The maximum atomic E-state index is 13.9. The predicted molar refractivity (Wildman–Crippen MR) is 90.1 cm³/mol. The molecule has 3 aromatic rings. The zero-order chi connectivity index (χ0) is 18.2. The molecule has 0 fully saturated rings. The highest BCUT2D eigenvalue weighted by atomic mass is 19.1. The van der Waals surface area contributed by atoms with E-state index in [2.05, 4.69) is 15.3 Å². The van der Waals surface area contributed by atoms with Crippen molar-refractivity contribution in [1.29, 1.82) is 0 Å². The fourth-order valence-corrected chi connectivity index (χ4v) is 2.98. The molecule has 1 atom stereocenters. The Balaban J connectivity index is 1.74. The second-order valence-corrected chi connectivity index (χ2v) is 6.43. The summed E-state index contributed by atoms with van der Waals surface area (Å²) in [6.45, 7) is 5.89. The van der Waals surface area contributed by atoms with E-state index in [9.17, 15) is 13.9 Å². The first-order valence-electron chi connectivity index (χ1n) is 7.97. The summed E-state index contributed by atoms with van der Waals surface area (Å²) in [6.07, 6.45) is 1.72. The lowest BCUT2D eigenvalue weighted by Gasteiger charge is -2.25. The van der Waals surface area contributed by atoms with Gasteiger partial charge in [0.15, 0.2) is 0 Å². The van der Waals surface area contributed by atoms with E-state index in [0.29, 0.717) is 12.3 Å². The molecule has 1 aromatic carbocycles. The molecule has 1 unspecified atom stereocenters. The Kier molecular flexibility index (Phi) is 4.53. The van der Waals surface area contributed by atoms with Crippen molar-refractivity contribution in [1.82, 2.24) is 19.7 Å². The van der Waals surface area contributed by atoms with Crippen molar-refractivity contribution in [3.8, 4) is 0 Å². The van der Waals surface area contributed by atoms with Crippen LogP contribution in [0.3, 0.4) is 0 Å². The van der Waals surface area contributed by atoms with Gasteiger partial charge in [0.25, 0.3) is 0 Å².